The number of nitrogens with one attached hydrogen (secondary N) is 2. The van der Waals surface area contributed by atoms with Gasteiger partial charge < -0.3 is 10.6 Å². The number of guanidine groups is 1. The zero-order chi connectivity index (χ0) is 15.0. The SMILES string of the molecule is C=CCNC(=NC)NCC(C(C)C)N1CCC(C)CC1.I. The summed E-state index contributed by atoms with van der Waals surface area (Å²) in [6, 6.07) is 0.574. The van der Waals surface area contributed by atoms with Gasteiger partial charge in [0, 0.05) is 26.2 Å². The molecule has 0 bridgehead atoms. The van der Waals surface area contributed by atoms with Crippen molar-refractivity contribution in [2.45, 2.75) is 39.7 Å². The van der Waals surface area contributed by atoms with Crippen LogP contribution in [0.25, 0.3) is 0 Å². The first-order valence-electron chi connectivity index (χ1n) is 7.88. The Morgan fingerprint density at radius 3 is 2.43 bits per heavy atom. The number of piperidine rings is 1. The third-order valence-corrected chi connectivity index (χ3v) is 4.17. The van der Waals surface area contributed by atoms with E-state index in [0.29, 0.717) is 12.0 Å². The first kappa shape index (κ1) is 20.7. The molecule has 0 aromatic rings. The highest BCUT2D eigenvalue weighted by Crippen LogP contribution is 2.20. The fourth-order valence-electron chi connectivity index (χ4n) is 2.74. The van der Waals surface area contributed by atoms with Gasteiger partial charge >= 0.3 is 0 Å². The van der Waals surface area contributed by atoms with Gasteiger partial charge in [0.05, 0.1) is 0 Å². The molecule has 1 aliphatic heterocycles. The van der Waals surface area contributed by atoms with E-state index in [0.717, 1.165) is 25.0 Å². The van der Waals surface area contributed by atoms with E-state index in [-0.39, 0.29) is 24.0 Å². The van der Waals surface area contributed by atoms with Crippen molar-refractivity contribution in [2.24, 2.45) is 16.8 Å². The van der Waals surface area contributed by atoms with E-state index in [1.54, 1.807) is 0 Å². The Kier molecular flexibility index (Phi) is 11.1. The van der Waals surface area contributed by atoms with Gasteiger partial charge in [-0.25, -0.2) is 0 Å². The van der Waals surface area contributed by atoms with Crippen LogP contribution in [0.5, 0.6) is 0 Å². The monoisotopic (exact) mass is 408 g/mol. The summed E-state index contributed by atoms with van der Waals surface area (Å²) in [6.45, 7) is 14.8. The van der Waals surface area contributed by atoms with Crippen molar-refractivity contribution < 1.29 is 0 Å². The Hall–Kier alpha value is -0.300. The van der Waals surface area contributed by atoms with Crippen LogP contribution in [0.4, 0.5) is 0 Å². The lowest BCUT2D eigenvalue weighted by Gasteiger charge is -2.39. The van der Waals surface area contributed by atoms with Gasteiger partial charge in [0.15, 0.2) is 5.96 Å². The molecule has 1 unspecified atom stereocenters. The molecule has 0 aliphatic carbocycles. The third-order valence-electron chi connectivity index (χ3n) is 4.17. The van der Waals surface area contributed by atoms with Crippen molar-refractivity contribution in [1.29, 1.82) is 0 Å². The maximum atomic E-state index is 4.24. The number of hydrogen-bond acceptors (Lipinski definition) is 2. The van der Waals surface area contributed by atoms with Gasteiger partial charge in [-0.15, -0.1) is 30.6 Å². The van der Waals surface area contributed by atoms with Gasteiger partial charge in [0.1, 0.15) is 0 Å². The highest BCUT2D eigenvalue weighted by atomic mass is 127. The zero-order valence-electron chi connectivity index (χ0n) is 14.1. The van der Waals surface area contributed by atoms with Gasteiger partial charge in [-0.1, -0.05) is 26.8 Å². The first-order valence-corrected chi connectivity index (χ1v) is 7.88. The smallest absolute Gasteiger partial charge is 0.191 e. The van der Waals surface area contributed by atoms with Gasteiger partial charge in [-0.3, -0.25) is 9.89 Å². The van der Waals surface area contributed by atoms with Crippen LogP contribution >= 0.6 is 24.0 Å². The van der Waals surface area contributed by atoms with Crippen molar-refractivity contribution in [1.82, 2.24) is 15.5 Å². The molecule has 124 valence electrons. The molecular formula is C16H33IN4. The maximum Gasteiger partial charge on any atom is 0.191 e. The average molecular weight is 408 g/mol. The lowest BCUT2D eigenvalue weighted by atomic mass is 9.94. The third kappa shape index (κ3) is 7.49. The number of hydrogen-bond donors (Lipinski definition) is 2. The van der Waals surface area contributed by atoms with E-state index in [4.69, 9.17) is 0 Å². The van der Waals surface area contributed by atoms with Crippen LogP contribution in [0.2, 0.25) is 0 Å². The predicted octanol–water partition coefficient (Wildman–Crippen LogP) is 2.71. The summed E-state index contributed by atoms with van der Waals surface area (Å²) in [7, 11) is 1.81. The summed E-state index contributed by atoms with van der Waals surface area (Å²) in [5, 5.41) is 6.67. The number of halogens is 1. The number of nitrogens with zero attached hydrogens (tertiary/aromatic N) is 2. The average Bonchev–Trinajstić information content (AvgIpc) is 2.44. The van der Waals surface area contributed by atoms with E-state index in [9.17, 15) is 0 Å². The molecule has 0 aromatic heterocycles. The van der Waals surface area contributed by atoms with E-state index < -0.39 is 0 Å². The molecule has 1 heterocycles. The fraction of sp³-hybridized carbons (Fsp3) is 0.812. The van der Waals surface area contributed by atoms with Gasteiger partial charge in [0.25, 0.3) is 0 Å². The highest BCUT2D eigenvalue weighted by molar-refractivity contribution is 14.0. The minimum absolute atomic E-state index is 0. The molecule has 1 atom stereocenters. The lowest BCUT2D eigenvalue weighted by Crippen LogP contribution is -2.51. The molecule has 1 saturated heterocycles. The first-order chi connectivity index (χ1) is 9.58. The molecule has 1 aliphatic rings. The predicted molar refractivity (Wildman–Crippen MR) is 104 cm³/mol. The summed E-state index contributed by atoms with van der Waals surface area (Å²) in [4.78, 5) is 6.88. The van der Waals surface area contributed by atoms with Crippen molar-refractivity contribution in [3.05, 3.63) is 12.7 Å². The fourth-order valence-corrected chi connectivity index (χ4v) is 2.74. The summed E-state index contributed by atoms with van der Waals surface area (Å²) >= 11 is 0. The van der Waals surface area contributed by atoms with Crippen LogP contribution in [0.15, 0.2) is 17.6 Å². The minimum atomic E-state index is 0. The molecule has 2 N–H and O–H groups in total. The Morgan fingerprint density at radius 2 is 1.95 bits per heavy atom. The maximum absolute atomic E-state index is 4.24. The van der Waals surface area contributed by atoms with E-state index >= 15 is 0 Å². The van der Waals surface area contributed by atoms with Crippen molar-refractivity contribution in [2.75, 3.05) is 33.2 Å². The molecule has 0 radical (unpaired) electrons. The minimum Gasteiger partial charge on any atom is -0.355 e. The Morgan fingerprint density at radius 1 is 1.33 bits per heavy atom. The van der Waals surface area contributed by atoms with Crippen molar-refractivity contribution in [3.8, 4) is 0 Å². The Bertz CT molecular complexity index is 309. The lowest BCUT2D eigenvalue weighted by molar-refractivity contribution is 0.110. The molecule has 0 aromatic carbocycles. The van der Waals surface area contributed by atoms with Crippen molar-refractivity contribution >= 4 is 29.9 Å². The van der Waals surface area contributed by atoms with Crippen LogP contribution < -0.4 is 10.6 Å². The summed E-state index contributed by atoms with van der Waals surface area (Å²) in [6.07, 6.45) is 4.50. The zero-order valence-corrected chi connectivity index (χ0v) is 16.4. The van der Waals surface area contributed by atoms with E-state index in [2.05, 4.69) is 47.9 Å². The van der Waals surface area contributed by atoms with Crippen LogP contribution in [-0.2, 0) is 0 Å². The van der Waals surface area contributed by atoms with Crippen LogP contribution in [0.1, 0.15) is 33.6 Å². The Labute approximate surface area is 147 Å². The molecule has 5 heteroatoms. The molecule has 0 amide bonds. The second kappa shape index (κ2) is 11.3. The Balaban J connectivity index is 0.00000400. The standard InChI is InChI=1S/C16H32N4.HI/c1-6-9-18-16(17-5)19-12-15(13(2)3)20-10-7-14(4)8-11-20;/h6,13-15H,1,7-12H2,2-5H3,(H2,17,18,19);1H. The van der Waals surface area contributed by atoms with Crippen LogP contribution in [0, 0.1) is 11.8 Å². The number of rotatable bonds is 6. The normalized spacial score (nSPS) is 19.0. The van der Waals surface area contributed by atoms with Crippen LogP contribution in [0.3, 0.4) is 0 Å². The number of likely N-dealkylation sites (tertiary alicyclic amines) is 1. The topological polar surface area (TPSA) is 39.7 Å². The molecular weight excluding hydrogens is 375 g/mol. The van der Waals surface area contributed by atoms with Crippen molar-refractivity contribution in [3.63, 3.8) is 0 Å². The van der Waals surface area contributed by atoms with Gasteiger partial charge in [-0.05, 0) is 37.8 Å². The van der Waals surface area contributed by atoms with Gasteiger partial charge in [-0.2, -0.15) is 0 Å². The summed E-state index contributed by atoms with van der Waals surface area (Å²) in [5.41, 5.74) is 0. The van der Waals surface area contributed by atoms with E-state index in [1.807, 2.05) is 13.1 Å². The molecule has 1 rings (SSSR count). The summed E-state index contributed by atoms with van der Waals surface area (Å²) in [5.74, 6) is 2.39. The van der Waals surface area contributed by atoms with Crippen LogP contribution in [-0.4, -0.2) is 50.1 Å². The largest absolute Gasteiger partial charge is 0.355 e. The molecule has 4 nitrogen and oxygen atoms in total. The molecule has 0 spiro atoms. The second-order valence-electron chi connectivity index (χ2n) is 6.15. The van der Waals surface area contributed by atoms with Gasteiger partial charge in [0.2, 0.25) is 0 Å². The molecule has 1 fully saturated rings. The molecule has 21 heavy (non-hydrogen) atoms. The quantitative estimate of drug-likeness (QED) is 0.307. The summed E-state index contributed by atoms with van der Waals surface area (Å²) < 4.78 is 0. The number of aliphatic imine (C=N–C) groups is 1. The molecule has 0 saturated carbocycles. The second-order valence-corrected chi connectivity index (χ2v) is 6.15. The van der Waals surface area contributed by atoms with E-state index in [1.165, 1.54) is 25.9 Å². The highest BCUT2D eigenvalue weighted by Gasteiger charge is 2.25.